The summed E-state index contributed by atoms with van der Waals surface area (Å²) in [6.07, 6.45) is 1.92. The molecule has 0 aromatic heterocycles. The van der Waals surface area contributed by atoms with Crippen LogP contribution in [0.2, 0.25) is 0 Å². The van der Waals surface area contributed by atoms with Crippen LogP contribution in [-0.2, 0) is 20.8 Å². The van der Waals surface area contributed by atoms with Gasteiger partial charge in [0, 0.05) is 19.4 Å². The predicted octanol–water partition coefficient (Wildman–Crippen LogP) is -0.239. The lowest BCUT2D eigenvalue weighted by molar-refractivity contribution is -0.142. The van der Waals surface area contributed by atoms with Crippen LogP contribution in [0.4, 0.5) is 0 Å². The third-order valence-corrected chi connectivity index (χ3v) is 3.87. The van der Waals surface area contributed by atoms with Gasteiger partial charge in [0.1, 0.15) is 12.1 Å². The smallest absolute Gasteiger partial charge is 0.326 e. The van der Waals surface area contributed by atoms with Crippen molar-refractivity contribution in [2.75, 3.05) is 13.1 Å². The predicted molar refractivity (Wildman–Crippen MR) is 98.2 cm³/mol. The number of carbonyl (C=O) groups is 3. The standard InChI is InChI=1S/C18H28N4O4/c19-10-5-4-8-14(18(25)26)22-17(24)15(21-16(23)9-11-20)12-13-6-2-1-3-7-13/h1-3,6-7,14-15H,4-5,8-12,19-20H2,(H,21,23)(H,22,24)(H,25,26)/t14-,15-/m0/s1. The normalized spacial score (nSPS) is 12.8. The summed E-state index contributed by atoms with van der Waals surface area (Å²) in [5.74, 6) is -1.99. The molecule has 0 saturated carbocycles. The second kappa shape index (κ2) is 12.0. The van der Waals surface area contributed by atoms with Crippen LogP contribution in [0.25, 0.3) is 0 Å². The van der Waals surface area contributed by atoms with Gasteiger partial charge in [-0.1, -0.05) is 30.3 Å². The maximum absolute atomic E-state index is 12.6. The Morgan fingerprint density at radius 2 is 1.65 bits per heavy atom. The molecule has 144 valence electrons. The summed E-state index contributed by atoms with van der Waals surface area (Å²) in [7, 11) is 0. The maximum Gasteiger partial charge on any atom is 0.326 e. The van der Waals surface area contributed by atoms with E-state index < -0.39 is 24.0 Å². The monoisotopic (exact) mass is 364 g/mol. The first kappa shape index (κ1) is 21.6. The number of carboxylic acid groups (broad SMARTS) is 1. The lowest BCUT2D eigenvalue weighted by Gasteiger charge is -2.21. The Bertz CT molecular complexity index is 580. The van der Waals surface area contributed by atoms with Gasteiger partial charge < -0.3 is 27.2 Å². The molecule has 1 aromatic rings. The van der Waals surface area contributed by atoms with Gasteiger partial charge in [-0.15, -0.1) is 0 Å². The fraction of sp³-hybridized carbons (Fsp3) is 0.500. The highest BCUT2D eigenvalue weighted by atomic mass is 16.4. The van der Waals surface area contributed by atoms with Crippen LogP contribution in [0.3, 0.4) is 0 Å². The summed E-state index contributed by atoms with van der Waals surface area (Å²) < 4.78 is 0. The highest BCUT2D eigenvalue weighted by molar-refractivity contribution is 5.90. The minimum Gasteiger partial charge on any atom is -0.480 e. The molecule has 7 N–H and O–H groups in total. The second-order valence-electron chi connectivity index (χ2n) is 6.03. The van der Waals surface area contributed by atoms with Crippen molar-refractivity contribution in [1.82, 2.24) is 10.6 Å². The highest BCUT2D eigenvalue weighted by Gasteiger charge is 2.26. The number of amides is 2. The van der Waals surface area contributed by atoms with Crippen molar-refractivity contribution < 1.29 is 19.5 Å². The third-order valence-electron chi connectivity index (χ3n) is 3.87. The summed E-state index contributed by atoms with van der Waals surface area (Å²) in [4.78, 5) is 35.9. The number of rotatable bonds is 12. The Labute approximate surface area is 153 Å². The fourth-order valence-electron chi connectivity index (χ4n) is 2.48. The SMILES string of the molecule is NCCCC[C@H](NC(=O)[C@H](Cc1ccccc1)NC(=O)CCN)C(=O)O. The van der Waals surface area contributed by atoms with Crippen molar-refractivity contribution in [1.29, 1.82) is 0 Å². The molecule has 1 rings (SSSR count). The van der Waals surface area contributed by atoms with Gasteiger partial charge in [-0.3, -0.25) is 9.59 Å². The number of carbonyl (C=O) groups excluding carboxylic acids is 2. The average Bonchev–Trinajstić information content (AvgIpc) is 2.61. The largest absolute Gasteiger partial charge is 0.480 e. The Morgan fingerprint density at radius 1 is 0.962 bits per heavy atom. The van der Waals surface area contributed by atoms with E-state index in [9.17, 15) is 19.5 Å². The zero-order valence-electron chi connectivity index (χ0n) is 14.8. The van der Waals surface area contributed by atoms with E-state index in [1.807, 2.05) is 30.3 Å². The van der Waals surface area contributed by atoms with Gasteiger partial charge in [0.15, 0.2) is 0 Å². The Morgan fingerprint density at radius 3 is 2.23 bits per heavy atom. The van der Waals surface area contributed by atoms with E-state index in [1.165, 1.54) is 0 Å². The Balaban J connectivity index is 2.80. The molecule has 26 heavy (non-hydrogen) atoms. The van der Waals surface area contributed by atoms with Gasteiger partial charge in [0.2, 0.25) is 11.8 Å². The van der Waals surface area contributed by atoms with Crippen molar-refractivity contribution in [3.05, 3.63) is 35.9 Å². The zero-order chi connectivity index (χ0) is 19.4. The van der Waals surface area contributed by atoms with Crippen LogP contribution >= 0.6 is 0 Å². The molecular formula is C18H28N4O4. The molecule has 0 heterocycles. The molecule has 1 aromatic carbocycles. The molecule has 0 aliphatic carbocycles. The van der Waals surface area contributed by atoms with E-state index in [1.54, 1.807) is 0 Å². The van der Waals surface area contributed by atoms with E-state index >= 15 is 0 Å². The molecule has 2 amide bonds. The second-order valence-corrected chi connectivity index (χ2v) is 6.03. The van der Waals surface area contributed by atoms with Crippen LogP contribution in [0.5, 0.6) is 0 Å². The quantitative estimate of drug-likeness (QED) is 0.323. The first-order valence-corrected chi connectivity index (χ1v) is 8.74. The third kappa shape index (κ3) is 8.09. The topological polar surface area (TPSA) is 148 Å². The molecule has 8 heteroatoms. The van der Waals surface area contributed by atoms with Gasteiger partial charge in [0.05, 0.1) is 0 Å². The van der Waals surface area contributed by atoms with Crippen molar-refractivity contribution in [2.24, 2.45) is 11.5 Å². The molecule has 2 atom stereocenters. The average molecular weight is 364 g/mol. The molecule has 0 spiro atoms. The molecule has 0 aliphatic heterocycles. The number of unbranched alkanes of at least 4 members (excludes halogenated alkanes) is 1. The van der Waals surface area contributed by atoms with Gasteiger partial charge in [0.25, 0.3) is 0 Å². The van der Waals surface area contributed by atoms with E-state index in [2.05, 4.69) is 10.6 Å². The van der Waals surface area contributed by atoms with Crippen molar-refractivity contribution >= 4 is 17.8 Å². The molecule has 0 saturated heterocycles. The fourth-order valence-corrected chi connectivity index (χ4v) is 2.48. The molecule has 0 fully saturated rings. The number of benzene rings is 1. The minimum atomic E-state index is -1.11. The van der Waals surface area contributed by atoms with Crippen molar-refractivity contribution in [3.63, 3.8) is 0 Å². The number of hydrogen-bond donors (Lipinski definition) is 5. The van der Waals surface area contributed by atoms with Crippen molar-refractivity contribution in [2.45, 2.75) is 44.2 Å². The molecule has 0 aliphatic rings. The van der Waals surface area contributed by atoms with Crippen LogP contribution in [0.1, 0.15) is 31.2 Å². The van der Waals surface area contributed by atoms with Crippen LogP contribution < -0.4 is 22.1 Å². The summed E-state index contributed by atoms with van der Waals surface area (Å²) in [6.45, 7) is 0.633. The van der Waals surface area contributed by atoms with Gasteiger partial charge in [-0.25, -0.2) is 4.79 Å². The Kier molecular flexibility index (Phi) is 9.96. The first-order valence-electron chi connectivity index (χ1n) is 8.74. The first-order chi connectivity index (χ1) is 12.5. The molecule has 8 nitrogen and oxygen atoms in total. The molecule has 0 bridgehead atoms. The van der Waals surface area contributed by atoms with Crippen LogP contribution in [0.15, 0.2) is 30.3 Å². The van der Waals surface area contributed by atoms with Gasteiger partial charge in [-0.2, -0.15) is 0 Å². The number of aliphatic carboxylic acids is 1. The van der Waals surface area contributed by atoms with Crippen LogP contribution in [-0.4, -0.2) is 48.1 Å². The van der Waals surface area contributed by atoms with E-state index in [0.29, 0.717) is 19.4 Å². The van der Waals surface area contributed by atoms with Gasteiger partial charge >= 0.3 is 5.97 Å². The van der Waals surface area contributed by atoms with E-state index in [4.69, 9.17) is 11.5 Å². The molecule has 0 radical (unpaired) electrons. The Hall–Kier alpha value is -2.45. The lowest BCUT2D eigenvalue weighted by Crippen LogP contribution is -2.52. The minimum absolute atomic E-state index is 0.0947. The maximum atomic E-state index is 12.6. The molecular weight excluding hydrogens is 336 g/mol. The van der Waals surface area contributed by atoms with Crippen molar-refractivity contribution in [3.8, 4) is 0 Å². The lowest BCUT2D eigenvalue weighted by atomic mass is 10.0. The summed E-state index contributed by atoms with van der Waals surface area (Å²) >= 11 is 0. The van der Waals surface area contributed by atoms with Gasteiger partial charge in [-0.05, 0) is 31.4 Å². The zero-order valence-corrected chi connectivity index (χ0v) is 14.8. The summed E-state index contributed by atoms with van der Waals surface area (Å²) in [5, 5.41) is 14.5. The summed E-state index contributed by atoms with van der Waals surface area (Å²) in [6, 6.07) is 7.31. The van der Waals surface area contributed by atoms with Crippen LogP contribution in [0, 0.1) is 0 Å². The van der Waals surface area contributed by atoms with E-state index in [0.717, 1.165) is 5.56 Å². The molecule has 0 unspecified atom stereocenters. The number of hydrogen-bond acceptors (Lipinski definition) is 5. The summed E-state index contributed by atoms with van der Waals surface area (Å²) in [5.41, 5.74) is 11.6. The highest BCUT2D eigenvalue weighted by Crippen LogP contribution is 2.06. The number of nitrogens with one attached hydrogen (secondary N) is 2. The number of carboxylic acids is 1. The number of nitrogens with two attached hydrogens (primary N) is 2. The van der Waals surface area contributed by atoms with E-state index in [-0.39, 0.29) is 31.7 Å².